The first-order chi connectivity index (χ1) is 15.8. The van der Waals surface area contributed by atoms with Crippen LogP contribution in [-0.2, 0) is 4.74 Å². The second-order valence-corrected chi connectivity index (χ2v) is 8.64. The van der Waals surface area contributed by atoms with Crippen LogP contribution in [0.15, 0.2) is 60.7 Å². The number of benzene rings is 2. The van der Waals surface area contributed by atoms with E-state index in [0.717, 1.165) is 0 Å². The third kappa shape index (κ3) is 4.54. The molecule has 0 saturated carbocycles. The number of aromatic nitrogens is 2. The summed E-state index contributed by atoms with van der Waals surface area (Å²) < 4.78 is 6.73. The maximum Gasteiger partial charge on any atom is 0.358 e. The summed E-state index contributed by atoms with van der Waals surface area (Å²) in [5.74, 6) is -0.570. The van der Waals surface area contributed by atoms with Crippen LogP contribution >= 0.6 is 23.2 Å². The van der Waals surface area contributed by atoms with Crippen LogP contribution in [0.1, 0.15) is 41.6 Å². The molecule has 4 rings (SSSR count). The number of esters is 1. The van der Waals surface area contributed by atoms with E-state index in [1.165, 1.54) is 0 Å². The molecule has 2 aromatic carbocycles. The molecule has 170 valence electrons. The molecule has 0 bridgehead atoms. The molecule has 0 radical (unpaired) electrons. The highest BCUT2D eigenvalue weighted by atomic mass is 35.5. The van der Waals surface area contributed by atoms with Crippen LogP contribution in [0.3, 0.4) is 0 Å². The molecule has 1 amide bonds. The van der Waals surface area contributed by atoms with Gasteiger partial charge in [0.05, 0.1) is 23.0 Å². The minimum absolute atomic E-state index is 0.0415. The van der Waals surface area contributed by atoms with Crippen molar-refractivity contribution >= 4 is 35.1 Å². The van der Waals surface area contributed by atoms with Crippen molar-refractivity contribution in [2.45, 2.75) is 32.9 Å². The molecule has 2 heterocycles. The molecule has 1 aliphatic heterocycles. The Morgan fingerprint density at radius 1 is 1.00 bits per heavy atom. The van der Waals surface area contributed by atoms with Gasteiger partial charge in [0, 0.05) is 28.2 Å². The van der Waals surface area contributed by atoms with E-state index in [-0.39, 0.29) is 30.3 Å². The summed E-state index contributed by atoms with van der Waals surface area (Å²) >= 11 is 12.5. The second kappa shape index (κ2) is 9.41. The molecule has 6 nitrogen and oxygen atoms in total. The first-order valence-corrected chi connectivity index (χ1v) is 11.4. The van der Waals surface area contributed by atoms with E-state index in [2.05, 4.69) is 5.10 Å². The van der Waals surface area contributed by atoms with Gasteiger partial charge in [0.2, 0.25) is 0 Å². The van der Waals surface area contributed by atoms with Crippen molar-refractivity contribution in [1.29, 1.82) is 0 Å². The summed E-state index contributed by atoms with van der Waals surface area (Å²) in [4.78, 5) is 27.2. The Labute approximate surface area is 202 Å². The van der Waals surface area contributed by atoms with Gasteiger partial charge < -0.3 is 9.64 Å². The van der Waals surface area contributed by atoms with E-state index in [0.29, 0.717) is 32.6 Å². The van der Waals surface area contributed by atoms with Gasteiger partial charge in [-0.05, 0) is 69.3 Å². The SMILES string of the molecule is CCOC(=O)c1cc(-c2ccc(Cl)cc2Cl)n(-c2ccc(C(=O)N3[C@H](C)C=C[C@H]3C)cc2)n1. The lowest BCUT2D eigenvalue weighted by Gasteiger charge is -2.26. The molecular formula is C25H23Cl2N3O3. The third-order valence-electron chi connectivity index (χ3n) is 5.54. The standard InChI is InChI=1S/C25H23Cl2N3O3/c1-4-33-25(32)22-14-23(20-12-9-18(26)13-21(20)27)30(28-22)19-10-7-17(8-11-19)24(31)29-15(2)5-6-16(29)3/h5-16H,4H2,1-3H3/t15-,16-/m1/s1. The number of nitrogens with zero attached hydrogens (tertiary/aromatic N) is 3. The second-order valence-electron chi connectivity index (χ2n) is 7.80. The summed E-state index contributed by atoms with van der Waals surface area (Å²) in [7, 11) is 0. The van der Waals surface area contributed by atoms with Gasteiger partial charge in [-0.15, -0.1) is 0 Å². The zero-order valence-electron chi connectivity index (χ0n) is 18.5. The highest BCUT2D eigenvalue weighted by molar-refractivity contribution is 6.36. The number of hydrogen-bond acceptors (Lipinski definition) is 4. The van der Waals surface area contributed by atoms with Crippen molar-refractivity contribution in [3.8, 4) is 16.9 Å². The van der Waals surface area contributed by atoms with Crippen molar-refractivity contribution in [3.63, 3.8) is 0 Å². The van der Waals surface area contributed by atoms with Gasteiger partial charge in [-0.3, -0.25) is 4.79 Å². The Balaban J connectivity index is 1.73. The highest BCUT2D eigenvalue weighted by Gasteiger charge is 2.28. The lowest BCUT2D eigenvalue weighted by Crippen LogP contribution is -2.39. The topological polar surface area (TPSA) is 64.4 Å². The molecule has 0 fully saturated rings. The zero-order chi connectivity index (χ0) is 23.7. The Morgan fingerprint density at radius 2 is 1.67 bits per heavy atom. The van der Waals surface area contributed by atoms with Gasteiger partial charge in [0.1, 0.15) is 0 Å². The van der Waals surface area contributed by atoms with Crippen LogP contribution in [0.2, 0.25) is 10.0 Å². The van der Waals surface area contributed by atoms with E-state index < -0.39 is 5.97 Å². The fourth-order valence-corrected chi connectivity index (χ4v) is 4.42. The average molecular weight is 484 g/mol. The Bertz CT molecular complexity index is 1220. The summed E-state index contributed by atoms with van der Waals surface area (Å²) in [6.45, 7) is 5.96. The fraction of sp³-hybridized carbons (Fsp3) is 0.240. The maximum atomic E-state index is 13.0. The zero-order valence-corrected chi connectivity index (χ0v) is 20.0. The predicted molar refractivity (Wildman–Crippen MR) is 129 cm³/mol. The first kappa shape index (κ1) is 23.1. The summed E-state index contributed by atoms with van der Waals surface area (Å²) in [6, 6.07) is 13.9. The molecule has 0 N–H and O–H groups in total. The van der Waals surface area contributed by atoms with Crippen LogP contribution in [0.4, 0.5) is 0 Å². The van der Waals surface area contributed by atoms with Crippen LogP contribution in [0.25, 0.3) is 16.9 Å². The third-order valence-corrected chi connectivity index (χ3v) is 6.09. The van der Waals surface area contributed by atoms with Gasteiger partial charge in [-0.2, -0.15) is 5.10 Å². The van der Waals surface area contributed by atoms with Crippen molar-refractivity contribution in [1.82, 2.24) is 14.7 Å². The molecule has 1 aliphatic rings. The number of ether oxygens (including phenoxy) is 1. The molecule has 3 aromatic rings. The molecule has 0 aliphatic carbocycles. The lowest BCUT2D eigenvalue weighted by molar-refractivity contribution is 0.0518. The van der Waals surface area contributed by atoms with E-state index >= 15 is 0 Å². The smallest absolute Gasteiger partial charge is 0.358 e. The molecule has 1 aromatic heterocycles. The molecule has 0 unspecified atom stereocenters. The van der Waals surface area contributed by atoms with Crippen LogP contribution < -0.4 is 0 Å². The molecule has 2 atom stereocenters. The summed E-state index contributed by atoms with van der Waals surface area (Å²) in [5.41, 5.74) is 2.66. The summed E-state index contributed by atoms with van der Waals surface area (Å²) in [6.07, 6.45) is 4.06. The van der Waals surface area contributed by atoms with Crippen LogP contribution in [-0.4, -0.2) is 45.2 Å². The van der Waals surface area contributed by atoms with Crippen molar-refractivity contribution in [3.05, 3.63) is 82.0 Å². The number of carbonyl (C=O) groups is 2. The van der Waals surface area contributed by atoms with Gasteiger partial charge >= 0.3 is 5.97 Å². The fourth-order valence-electron chi connectivity index (χ4n) is 3.91. The van der Waals surface area contributed by atoms with Crippen LogP contribution in [0.5, 0.6) is 0 Å². The number of carbonyl (C=O) groups excluding carboxylic acids is 2. The highest BCUT2D eigenvalue weighted by Crippen LogP contribution is 2.33. The molecule has 0 saturated heterocycles. The summed E-state index contributed by atoms with van der Waals surface area (Å²) in [5, 5.41) is 5.39. The van der Waals surface area contributed by atoms with Gasteiger partial charge in [-0.1, -0.05) is 35.4 Å². The van der Waals surface area contributed by atoms with Crippen molar-refractivity contribution in [2.24, 2.45) is 0 Å². The van der Waals surface area contributed by atoms with E-state index in [1.807, 2.05) is 30.9 Å². The lowest BCUT2D eigenvalue weighted by atomic mass is 10.1. The Hall–Kier alpha value is -3.09. The minimum Gasteiger partial charge on any atom is -0.461 e. The maximum absolute atomic E-state index is 13.0. The number of hydrogen-bond donors (Lipinski definition) is 0. The minimum atomic E-state index is -0.529. The Kier molecular flexibility index (Phi) is 6.58. The van der Waals surface area contributed by atoms with Gasteiger partial charge in [-0.25, -0.2) is 9.48 Å². The van der Waals surface area contributed by atoms with E-state index in [4.69, 9.17) is 27.9 Å². The number of halogens is 2. The van der Waals surface area contributed by atoms with Crippen LogP contribution in [0, 0.1) is 0 Å². The van der Waals surface area contributed by atoms with Gasteiger partial charge in [0.15, 0.2) is 5.69 Å². The molecule has 8 heteroatoms. The van der Waals surface area contributed by atoms with Gasteiger partial charge in [0.25, 0.3) is 5.91 Å². The molecular weight excluding hydrogens is 461 g/mol. The number of rotatable bonds is 5. The van der Waals surface area contributed by atoms with E-state index in [1.54, 1.807) is 60.1 Å². The largest absolute Gasteiger partial charge is 0.461 e. The quantitative estimate of drug-likeness (QED) is 0.339. The van der Waals surface area contributed by atoms with E-state index in [9.17, 15) is 9.59 Å². The molecule has 33 heavy (non-hydrogen) atoms. The monoisotopic (exact) mass is 483 g/mol. The first-order valence-electron chi connectivity index (χ1n) is 10.6. The predicted octanol–water partition coefficient (Wildman–Crippen LogP) is 5.81. The molecule has 0 spiro atoms. The average Bonchev–Trinajstić information content (AvgIpc) is 3.37. The van der Waals surface area contributed by atoms with Crippen molar-refractivity contribution < 1.29 is 14.3 Å². The number of amides is 1. The normalized spacial score (nSPS) is 17.4. The van der Waals surface area contributed by atoms with Crippen molar-refractivity contribution in [2.75, 3.05) is 6.61 Å². The Morgan fingerprint density at radius 3 is 2.27 bits per heavy atom.